The van der Waals surface area contributed by atoms with Gasteiger partial charge in [-0.25, -0.2) is 0 Å². The molecule has 0 aliphatic rings. The summed E-state index contributed by atoms with van der Waals surface area (Å²) in [6, 6.07) is 13.9. The molecule has 4 N–H and O–H groups in total. The minimum Gasteiger partial charge on any atom is -0.507 e. The van der Waals surface area contributed by atoms with E-state index in [1.54, 1.807) is 12.1 Å². The Labute approximate surface area is 178 Å². The molecule has 30 heavy (non-hydrogen) atoms. The first-order valence-corrected chi connectivity index (χ1v) is 9.55. The Morgan fingerprint density at radius 3 is 2.43 bits per heavy atom. The van der Waals surface area contributed by atoms with E-state index in [0.717, 1.165) is 10.5 Å². The largest absolute Gasteiger partial charge is 0.507 e. The van der Waals surface area contributed by atoms with Crippen LogP contribution in [-0.2, 0) is 6.61 Å². The van der Waals surface area contributed by atoms with E-state index in [-0.39, 0.29) is 40.4 Å². The zero-order valence-corrected chi connectivity index (χ0v) is 16.9. The van der Waals surface area contributed by atoms with Gasteiger partial charge < -0.3 is 29.6 Å². The van der Waals surface area contributed by atoms with Crippen LogP contribution in [0.3, 0.4) is 0 Å². The van der Waals surface area contributed by atoms with Crippen LogP contribution in [0.5, 0.6) is 28.7 Å². The minimum atomic E-state index is -0.823. The molecule has 0 aliphatic carbocycles. The molecule has 0 saturated heterocycles. The maximum Gasteiger partial charge on any atom is 0.238 e. The standard InChI is InChI=1S/C22H15BrO7/c23-13-2-1-3-14(9-13)29-10-11-6-17(26)19-18(7-11)30-22(21(28)20(19)27)12-4-5-15(24)16(25)8-12/h1-9,24-26,28H,10H2. The van der Waals surface area contributed by atoms with Gasteiger partial charge in [0.1, 0.15) is 29.1 Å². The number of aromatic hydroxyl groups is 4. The lowest BCUT2D eigenvalue weighted by molar-refractivity contribution is 0.305. The van der Waals surface area contributed by atoms with Gasteiger partial charge in [-0.1, -0.05) is 22.0 Å². The first kappa shape index (κ1) is 19.7. The van der Waals surface area contributed by atoms with E-state index in [0.29, 0.717) is 11.3 Å². The highest BCUT2D eigenvalue weighted by molar-refractivity contribution is 9.10. The molecule has 0 fully saturated rings. The summed E-state index contributed by atoms with van der Waals surface area (Å²) in [5.74, 6) is -1.46. The van der Waals surface area contributed by atoms with Crippen LogP contribution in [-0.4, -0.2) is 20.4 Å². The Bertz CT molecular complexity index is 1330. The summed E-state index contributed by atoms with van der Waals surface area (Å²) in [5.41, 5.74) is -0.0747. The van der Waals surface area contributed by atoms with E-state index in [1.807, 2.05) is 12.1 Å². The first-order valence-electron chi connectivity index (χ1n) is 8.76. The topological polar surface area (TPSA) is 120 Å². The van der Waals surface area contributed by atoms with Crippen molar-refractivity contribution < 1.29 is 29.6 Å². The molecule has 1 heterocycles. The molecule has 7 nitrogen and oxygen atoms in total. The van der Waals surface area contributed by atoms with Crippen molar-refractivity contribution in [2.75, 3.05) is 0 Å². The Morgan fingerprint density at radius 1 is 0.900 bits per heavy atom. The number of phenolic OH excluding ortho intramolecular Hbond substituents is 3. The molecule has 1 aromatic heterocycles. The molecule has 152 valence electrons. The van der Waals surface area contributed by atoms with Crippen LogP contribution in [0.15, 0.2) is 68.3 Å². The van der Waals surface area contributed by atoms with Gasteiger partial charge in [0.25, 0.3) is 0 Å². The number of hydrogen-bond acceptors (Lipinski definition) is 7. The predicted molar refractivity (Wildman–Crippen MR) is 113 cm³/mol. The number of hydrogen-bond donors (Lipinski definition) is 4. The lowest BCUT2D eigenvalue weighted by atomic mass is 10.1. The predicted octanol–water partition coefficient (Wildman–Crippen LogP) is 4.62. The van der Waals surface area contributed by atoms with Crippen molar-refractivity contribution in [3.8, 4) is 40.1 Å². The number of phenols is 3. The van der Waals surface area contributed by atoms with Gasteiger partial charge in [-0.3, -0.25) is 4.79 Å². The van der Waals surface area contributed by atoms with Gasteiger partial charge in [0.2, 0.25) is 11.2 Å². The van der Waals surface area contributed by atoms with Gasteiger partial charge in [0.05, 0.1) is 0 Å². The van der Waals surface area contributed by atoms with E-state index in [9.17, 15) is 25.2 Å². The fourth-order valence-electron chi connectivity index (χ4n) is 3.01. The van der Waals surface area contributed by atoms with Crippen LogP contribution < -0.4 is 10.2 Å². The van der Waals surface area contributed by atoms with Crippen molar-refractivity contribution >= 4 is 26.9 Å². The number of ether oxygens (including phenoxy) is 1. The maximum absolute atomic E-state index is 12.6. The molecule has 0 bridgehead atoms. The van der Waals surface area contributed by atoms with Gasteiger partial charge in [0, 0.05) is 10.0 Å². The van der Waals surface area contributed by atoms with Crippen LogP contribution in [0.1, 0.15) is 5.56 Å². The number of halogens is 1. The third kappa shape index (κ3) is 3.65. The molecule has 0 amide bonds. The van der Waals surface area contributed by atoms with Gasteiger partial charge in [-0.05, 0) is 54.1 Å². The minimum absolute atomic E-state index is 0.0354. The molecule has 8 heteroatoms. The highest BCUT2D eigenvalue weighted by Crippen LogP contribution is 2.37. The number of fused-ring (bicyclic) bond motifs is 1. The van der Waals surface area contributed by atoms with Gasteiger partial charge in [-0.15, -0.1) is 0 Å². The SMILES string of the molecule is O=c1c(O)c(-c2ccc(O)c(O)c2)oc2cc(COc3cccc(Br)c3)cc(O)c12. The lowest BCUT2D eigenvalue weighted by Crippen LogP contribution is -2.04. The summed E-state index contributed by atoms with van der Waals surface area (Å²) in [7, 11) is 0. The van der Waals surface area contributed by atoms with Crippen molar-refractivity contribution in [3.05, 3.63) is 74.9 Å². The van der Waals surface area contributed by atoms with Crippen LogP contribution in [0.2, 0.25) is 0 Å². The summed E-state index contributed by atoms with van der Waals surface area (Å²) in [6.45, 7) is 0.0971. The Morgan fingerprint density at radius 2 is 1.70 bits per heavy atom. The molecular formula is C22H15BrO7. The van der Waals surface area contributed by atoms with Crippen LogP contribution >= 0.6 is 15.9 Å². The molecule has 0 radical (unpaired) electrons. The summed E-state index contributed by atoms with van der Waals surface area (Å²) < 4.78 is 12.2. The third-order valence-electron chi connectivity index (χ3n) is 4.45. The highest BCUT2D eigenvalue weighted by Gasteiger charge is 2.19. The number of benzene rings is 3. The van der Waals surface area contributed by atoms with Crippen LogP contribution in [0.4, 0.5) is 0 Å². The Hall–Kier alpha value is -3.65. The highest BCUT2D eigenvalue weighted by atomic mass is 79.9. The Balaban J connectivity index is 1.78. The van der Waals surface area contributed by atoms with Crippen LogP contribution in [0.25, 0.3) is 22.3 Å². The molecule has 0 saturated carbocycles. The Kier molecular flexibility index (Phi) is 5.01. The maximum atomic E-state index is 12.6. The van der Waals surface area contributed by atoms with Crippen molar-refractivity contribution in [2.24, 2.45) is 0 Å². The average Bonchev–Trinajstić information content (AvgIpc) is 2.71. The molecule has 0 unspecified atom stereocenters. The van der Waals surface area contributed by atoms with Crippen molar-refractivity contribution in [1.29, 1.82) is 0 Å². The van der Waals surface area contributed by atoms with E-state index < -0.39 is 16.9 Å². The van der Waals surface area contributed by atoms with Crippen molar-refractivity contribution in [1.82, 2.24) is 0 Å². The molecule has 4 rings (SSSR count). The lowest BCUT2D eigenvalue weighted by Gasteiger charge is -2.11. The van der Waals surface area contributed by atoms with E-state index in [4.69, 9.17) is 9.15 Å². The second-order valence-corrected chi connectivity index (χ2v) is 7.46. The molecule has 3 aromatic carbocycles. The zero-order chi connectivity index (χ0) is 21.4. The molecular weight excluding hydrogens is 456 g/mol. The van der Waals surface area contributed by atoms with Gasteiger partial charge in [-0.2, -0.15) is 0 Å². The van der Waals surface area contributed by atoms with E-state index >= 15 is 0 Å². The van der Waals surface area contributed by atoms with Crippen molar-refractivity contribution in [3.63, 3.8) is 0 Å². The summed E-state index contributed by atoms with van der Waals surface area (Å²) in [6.07, 6.45) is 0. The second kappa shape index (κ2) is 7.64. The summed E-state index contributed by atoms with van der Waals surface area (Å²) in [5, 5.41) is 39.6. The smallest absolute Gasteiger partial charge is 0.238 e. The fraction of sp³-hybridized carbons (Fsp3) is 0.0455. The first-order chi connectivity index (χ1) is 14.3. The van der Waals surface area contributed by atoms with Gasteiger partial charge in [0.15, 0.2) is 17.3 Å². The zero-order valence-electron chi connectivity index (χ0n) is 15.3. The van der Waals surface area contributed by atoms with Crippen LogP contribution in [0, 0.1) is 0 Å². The monoisotopic (exact) mass is 470 g/mol. The quantitative estimate of drug-likeness (QED) is 0.321. The third-order valence-corrected chi connectivity index (χ3v) is 4.94. The van der Waals surface area contributed by atoms with E-state index in [1.165, 1.54) is 24.3 Å². The molecule has 4 aromatic rings. The molecule has 0 aliphatic heterocycles. The average molecular weight is 471 g/mol. The second-order valence-electron chi connectivity index (χ2n) is 6.55. The summed E-state index contributed by atoms with van der Waals surface area (Å²) in [4.78, 5) is 12.6. The van der Waals surface area contributed by atoms with Gasteiger partial charge >= 0.3 is 0 Å². The normalized spacial score (nSPS) is 11.0. The molecule has 0 atom stereocenters. The molecule has 0 spiro atoms. The summed E-state index contributed by atoms with van der Waals surface area (Å²) >= 11 is 3.36. The van der Waals surface area contributed by atoms with E-state index in [2.05, 4.69) is 15.9 Å². The number of rotatable bonds is 4. The van der Waals surface area contributed by atoms with Crippen molar-refractivity contribution in [2.45, 2.75) is 6.61 Å². The fourth-order valence-corrected chi connectivity index (χ4v) is 3.39.